The molecule has 2 aromatic carbocycles. The van der Waals surface area contributed by atoms with Crippen LogP contribution >= 0.6 is 15.9 Å². The Morgan fingerprint density at radius 1 is 1.17 bits per heavy atom. The van der Waals surface area contributed by atoms with E-state index in [1.165, 1.54) is 0 Å². The highest BCUT2D eigenvalue weighted by molar-refractivity contribution is 9.10. The summed E-state index contributed by atoms with van der Waals surface area (Å²) in [7, 11) is 0. The molecule has 0 spiro atoms. The van der Waals surface area contributed by atoms with E-state index in [1.807, 2.05) is 50.2 Å². The Balaban J connectivity index is 1.52. The van der Waals surface area contributed by atoms with Gasteiger partial charge < -0.3 is 14.6 Å². The smallest absolute Gasteiger partial charge is 0.255 e. The lowest BCUT2D eigenvalue weighted by Crippen LogP contribution is -2.25. The molecule has 0 bridgehead atoms. The van der Waals surface area contributed by atoms with Crippen LogP contribution in [0.3, 0.4) is 0 Å². The molecule has 1 heterocycles. The minimum atomic E-state index is -0.166. The molecule has 7 heteroatoms. The number of hydrogen-bond donors (Lipinski definition) is 1. The van der Waals surface area contributed by atoms with E-state index in [0.29, 0.717) is 49.0 Å². The lowest BCUT2D eigenvalue weighted by atomic mass is 10.1. The molecule has 0 aliphatic carbocycles. The number of nitrogens with zero attached hydrogens (tertiary/aromatic N) is 2. The van der Waals surface area contributed by atoms with Gasteiger partial charge in [-0.15, -0.1) is 0 Å². The molecule has 1 amide bonds. The molecule has 0 saturated heterocycles. The maximum absolute atomic E-state index is 12.6. The third-order valence-corrected chi connectivity index (χ3v) is 5.10. The third-order valence-electron chi connectivity index (χ3n) is 4.33. The van der Waals surface area contributed by atoms with Crippen LogP contribution in [0.5, 0.6) is 5.75 Å². The highest BCUT2D eigenvalue weighted by atomic mass is 79.9. The summed E-state index contributed by atoms with van der Waals surface area (Å²) < 4.78 is 12.1. The van der Waals surface area contributed by atoms with Gasteiger partial charge in [0.05, 0.1) is 5.56 Å². The van der Waals surface area contributed by atoms with Gasteiger partial charge in [-0.1, -0.05) is 65.3 Å². The average Bonchev–Trinajstić information content (AvgIpc) is 3.20. The zero-order valence-corrected chi connectivity index (χ0v) is 18.1. The molecule has 152 valence electrons. The summed E-state index contributed by atoms with van der Waals surface area (Å²) >= 11 is 3.51. The Labute approximate surface area is 178 Å². The molecule has 3 rings (SSSR count). The largest absolute Gasteiger partial charge is 0.488 e. The van der Waals surface area contributed by atoms with E-state index in [-0.39, 0.29) is 11.8 Å². The highest BCUT2D eigenvalue weighted by Gasteiger charge is 2.13. The molecule has 0 aliphatic heterocycles. The van der Waals surface area contributed by atoms with E-state index in [0.717, 1.165) is 10.0 Å². The van der Waals surface area contributed by atoms with Crippen LogP contribution in [0.15, 0.2) is 57.5 Å². The van der Waals surface area contributed by atoms with Gasteiger partial charge in [0.15, 0.2) is 5.82 Å². The first kappa shape index (κ1) is 21.0. The first-order valence-electron chi connectivity index (χ1n) is 9.60. The second-order valence-electron chi connectivity index (χ2n) is 6.94. The van der Waals surface area contributed by atoms with Gasteiger partial charge in [-0.3, -0.25) is 4.79 Å². The lowest BCUT2D eigenvalue weighted by Gasteiger charge is -2.12. The van der Waals surface area contributed by atoms with E-state index in [2.05, 4.69) is 31.4 Å². The summed E-state index contributed by atoms with van der Waals surface area (Å²) in [5.74, 6) is 1.93. The number of aromatic nitrogens is 2. The predicted octanol–water partition coefficient (Wildman–Crippen LogP) is 4.90. The second-order valence-corrected chi connectivity index (χ2v) is 7.79. The van der Waals surface area contributed by atoms with Crippen LogP contribution in [0, 0.1) is 0 Å². The fourth-order valence-corrected chi connectivity index (χ4v) is 3.09. The number of aryl methyl sites for hydroxylation is 1. The predicted molar refractivity (Wildman–Crippen MR) is 114 cm³/mol. The summed E-state index contributed by atoms with van der Waals surface area (Å²) in [5, 5.41) is 6.88. The number of halogens is 1. The number of hydrogen-bond acceptors (Lipinski definition) is 5. The molecule has 0 atom stereocenters. The van der Waals surface area contributed by atoms with Crippen LogP contribution in [0.1, 0.15) is 53.8 Å². The molecule has 0 radical (unpaired) electrons. The Bertz CT molecular complexity index is 956. The van der Waals surface area contributed by atoms with Crippen molar-refractivity contribution in [1.29, 1.82) is 0 Å². The van der Waals surface area contributed by atoms with Gasteiger partial charge in [-0.05, 0) is 24.6 Å². The third kappa shape index (κ3) is 5.90. The van der Waals surface area contributed by atoms with Crippen molar-refractivity contribution >= 4 is 21.8 Å². The van der Waals surface area contributed by atoms with E-state index in [9.17, 15) is 4.79 Å². The number of amides is 1. The molecule has 0 fully saturated rings. The second kappa shape index (κ2) is 10.2. The number of benzene rings is 2. The fourth-order valence-electron chi connectivity index (χ4n) is 2.69. The quantitative estimate of drug-likeness (QED) is 0.462. The van der Waals surface area contributed by atoms with Gasteiger partial charge in [0, 0.05) is 28.9 Å². The van der Waals surface area contributed by atoms with Gasteiger partial charge in [-0.25, -0.2) is 0 Å². The van der Waals surface area contributed by atoms with Gasteiger partial charge in [0.1, 0.15) is 12.4 Å². The van der Waals surface area contributed by atoms with Gasteiger partial charge in [-0.2, -0.15) is 4.98 Å². The Morgan fingerprint density at radius 3 is 2.69 bits per heavy atom. The maximum Gasteiger partial charge on any atom is 0.255 e. The summed E-state index contributed by atoms with van der Waals surface area (Å²) in [6, 6.07) is 15.1. The molecule has 1 N–H and O–H groups in total. The number of carbonyl (C=O) groups excluding carboxylic acids is 1. The van der Waals surface area contributed by atoms with Crippen molar-refractivity contribution in [1.82, 2.24) is 15.5 Å². The van der Waals surface area contributed by atoms with Crippen molar-refractivity contribution in [2.75, 3.05) is 6.54 Å². The van der Waals surface area contributed by atoms with E-state index in [1.54, 1.807) is 12.1 Å². The molecular formula is C22H24BrN3O3. The molecular weight excluding hydrogens is 434 g/mol. The first-order chi connectivity index (χ1) is 14.0. The zero-order chi connectivity index (χ0) is 20.6. The monoisotopic (exact) mass is 457 g/mol. The van der Waals surface area contributed by atoms with Crippen LogP contribution in [-0.4, -0.2) is 22.6 Å². The first-order valence-corrected chi connectivity index (χ1v) is 10.4. The van der Waals surface area contributed by atoms with Crippen molar-refractivity contribution in [3.8, 4) is 5.75 Å². The van der Waals surface area contributed by atoms with Crippen molar-refractivity contribution in [2.24, 2.45) is 0 Å². The lowest BCUT2D eigenvalue weighted by molar-refractivity contribution is 0.0948. The summed E-state index contributed by atoms with van der Waals surface area (Å²) in [4.78, 5) is 16.9. The fraction of sp³-hybridized carbons (Fsp3) is 0.318. The zero-order valence-electron chi connectivity index (χ0n) is 16.5. The molecule has 1 aromatic heterocycles. The van der Waals surface area contributed by atoms with Crippen LogP contribution in [0.2, 0.25) is 0 Å². The van der Waals surface area contributed by atoms with Gasteiger partial charge in [0.2, 0.25) is 5.89 Å². The van der Waals surface area contributed by atoms with Crippen molar-refractivity contribution in [2.45, 2.75) is 39.2 Å². The summed E-state index contributed by atoms with van der Waals surface area (Å²) in [5.41, 5.74) is 1.53. The minimum Gasteiger partial charge on any atom is -0.488 e. The summed E-state index contributed by atoms with van der Waals surface area (Å²) in [6.45, 7) is 4.92. The van der Waals surface area contributed by atoms with Crippen molar-refractivity contribution < 1.29 is 14.1 Å². The molecule has 0 unspecified atom stereocenters. The van der Waals surface area contributed by atoms with Gasteiger partial charge >= 0.3 is 0 Å². The van der Waals surface area contributed by atoms with Crippen LogP contribution in [-0.2, 0) is 13.0 Å². The summed E-state index contributed by atoms with van der Waals surface area (Å²) in [6.07, 6.45) is 1.34. The number of para-hydroxylation sites is 1. The van der Waals surface area contributed by atoms with Crippen molar-refractivity contribution in [3.63, 3.8) is 0 Å². The van der Waals surface area contributed by atoms with E-state index < -0.39 is 0 Å². The highest BCUT2D eigenvalue weighted by Crippen LogP contribution is 2.22. The average molecular weight is 458 g/mol. The van der Waals surface area contributed by atoms with Crippen molar-refractivity contribution in [3.05, 3.63) is 75.8 Å². The molecule has 0 aliphatic rings. The topological polar surface area (TPSA) is 77.2 Å². The SMILES string of the molecule is CC(C)c1noc(CCCNC(=O)c2ccccc2OCc2ccccc2Br)n1. The molecule has 29 heavy (non-hydrogen) atoms. The minimum absolute atomic E-state index is 0.166. The molecule has 6 nitrogen and oxygen atoms in total. The Kier molecular flexibility index (Phi) is 7.41. The Hall–Kier alpha value is -2.67. The van der Waals surface area contributed by atoms with E-state index >= 15 is 0 Å². The number of carbonyl (C=O) groups is 1. The van der Waals surface area contributed by atoms with Crippen LogP contribution in [0.25, 0.3) is 0 Å². The number of nitrogens with one attached hydrogen (secondary N) is 1. The number of ether oxygens (including phenoxy) is 1. The van der Waals surface area contributed by atoms with Gasteiger partial charge in [0.25, 0.3) is 5.91 Å². The van der Waals surface area contributed by atoms with E-state index in [4.69, 9.17) is 9.26 Å². The maximum atomic E-state index is 12.6. The van der Waals surface area contributed by atoms with Crippen LogP contribution in [0.4, 0.5) is 0 Å². The normalized spacial score (nSPS) is 10.9. The number of rotatable bonds is 9. The molecule has 0 saturated carbocycles. The Morgan fingerprint density at radius 2 is 1.93 bits per heavy atom. The molecule has 3 aromatic rings. The van der Waals surface area contributed by atoms with Crippen LogP contribution < -0.4 is 10.1 Å². The standard InChI is InChI=1S/C22H24BrN3O3/c1-15(2)21-25-20(29-26-21)12-7-13-24-22(27)17-9-4-6-11-19(17)28-14-16-8-3-5-10-18(16)23/h3-6,8-11,15H,7,12-14H2,1-2H3,(H,24,27).